The van der Waals surface area contributed by atoms with Gasteiger partial charge in [-0.1, -0.05) is 0 Å². The molecule has 2 rings (SSSR count). The fraction of sp³-hybridized carbons (Fsp3) is 0.571. The molecular weight excluding hydrogens is 128 g/mol. The third-order valence-electron chi connectivity index (χ3n) is 1.72. The van der Waals surface area contributed by atoms with Crippen molar-refractivity contribution in [3.05, 3.63) is 17.3 Å². The van der Waals surface area contributed by atoms with Crippen LogP contribution in [0.25, 0.3) is 0 Å². The van der Waals surface area contributed by atoms with Gasteiger partial charge >= 0.3 is 0 Å². The van der Waals surface area contributed by atoms with Crippen LogP contribution in [0.4, 0.5) is 0 Å². The van der Waals surface area contributed by atoms with E-state index in [9.17, 15) is 0 Å². The Hall–Kier alpha value is -0.830. The second kappa shape index (κ2) is 1.83. The summed E-state index contributed by atoms with van der Waals surface area (Å²) in [7, 11) is 2.06. The third-order valence-corrected chi connectivity index (χ3v) is 1.72. The molecule has 1 aliphatic heterocycles. The molecule has 0 aromatic carbocycles. The lowest BCUT2D eigenvalue weighted by Gasteiger charge is -2.02. The minimum Gasteiger partial charge on any atom is -0.444 e. The van der Waals surface area contributed by atoms with Crippen LogP contribution in [0.1, 0.15) is 17.3 Å². The van der Waals surface area contributed by atoms with Crippen molar-refractivity contribution in [2.75, 3.05) is 7.05 Å². The molecule has 1 aromatic rings. The molecule has 0 fully saturated rings. The van der Waals surface area contributed by atoms with Gasteiger partial charge < -0.3 is 4.42 Å². The first kappa shape index (κ1) is 5.92. The van der Waals surface area contributed by atoms with Gasteiger partial charge in [-0.15, -0.1) is 0 Å². The van der Waals surface area contributed by atoms with Gasteiger partial charge in [-0.3, -0.25) is 4.90 Å². The molecule has 1 aliphatic rings. The minimum absolute atomic E-state index is 0.790. The van der Waals surface area contributed by atoms with E-state index in [1.807, 2.05) is 6.92 Å². The number of hydrogen-bond donors (Lipinski definition) is 0. The fourth-order valence-electron chi connectivity index (χ4n) is 1.32. The Morgan fingerprint density at radius 1 is 1.50 bits per heavy atom. The van der Waals surface area contributed by atoms with E-state index in [1.54, 1.807) is 0 Å². The van der Waals surface area contributed by atoms with Crippen LogP contribution >= 0.6 is 0 Å². The average Bonchev–Trinajstić information content (AvgIpc) is 2.21. The maximum atomic E-state index is 5.34. The second-order valence-corrected chi connectivity index (χ2v) is 2.78. The van der Waals surface area contributed by atoms with E-state index in [0.717, 1.165) is 30.4 Å². The molecule has 0 spiro atoms. The summed E-state index contributed by atoms with van der Waals surface area (Å²) >= 11 is 0. The van der Waals surface area contributed by atoms with Crippen molar-refractivity contribution in [3.63, 3.8) is 0 Å². The Morgan fingerprint density at radius 2 is 2.30 bits per heavy atom. The molecular formula is C7H10N2O. The Kier molecular flexibility index (Phi) is 1.08. The maximum Gasteiger partial charge on any atom is 0.191 e. The average molecular weight is 138 g/mol. The van der Waals surface area contributed by atoms with Gasteiger partial charge in [0.05, 0.1) is 12.2 Å². The summed E-state index contributed by atoms with van der Waals surface area (Å²) in [5.41, 5.74) is 1.11. The molecule has 0 radical (unpaired) electrons. The number of fused-ring (bicyclic) bond motifs is 1. The molecule has 0 bridgehead atoms. The van der Waals surface area contributed by atoms with E-state index in [4.69, 9.17) is 4.42 Å². The zero-order valence-corrected chi connectivity index (χ0v) is 6.22. The highest BCUT2D eigenvalue weighted by Gasteiger charge is 2.20. The molecule has 0 amide bonds. The molecule has 10 heavy (non-hydrogen) atoms. The van der Waals surface area contributed by atoms with Crippen molar-refractivity contribution < 1.29 is 4.42 Å². The molecule has 0 N–H and O–H groups in total. The summed E-state index contributed by atoms with van der Waals surface area (Å²) in [6, 6.07) is 0. The van der Waals surface area contributed by atoms with Crippen LogP contribution < -0.4 is 0 Å². The van der Waals surface area contributed by atoms with Gasteiger partial charge in [0.15, 0.2) is 5.89 Å². The maximum absolute atomic E-state index is 5.34. The van der Waals surface area contributed by atoms with E-state index < -0.39 is 0 Å². The molecule has 0 aliphatic carbocycles. The van der Waals surface area contributed by atoms with E-state index in [1.165, 1.54) is 0 Å². The SMILES string of the molecule is Cc1nc2c(o1)CN(C)C2. The monoisotopic (exact) mass is 138 g/mol. The van der Waals surface area contributed by atoms with Crippen molar-refractivity contribution in [2.45, 2.75) is 20.0 Å². The first-order chi connectivity index (χ1) is 4.75. The molecule has 3 nitrogen and oxygen atoms in total. The van der Waals surface area contributed by atoms with Crippen molar-refractivity contribution in [1.82, 2.24) is 9.88 Å². The van der Waals surface area contributed by atoms with Gasteiger partial charge in [-0.2, -0.15) is 0 Å². The number of oxazole rings is 1. The normalized spacial score (nSPS) is 17.8. The Bertz CT molecular complexity index is 231. The second-order valence-electron chi connectivity index (χ2n) is 2.78. The largest absolute Gasteiger partial charge is 0.444 e. The first-order valence-electron chi connectivity index (χ1n) is 3.39. The van der Waals surface area contributed by atoms with Crippen LogP contribution in [0.2, 0.25) is 0 Å². The number of aromatic nitrogens is 1. The van der Waals surface area contributed by atoms with E-state index in [0.29, 0.717) is 0 Å². The number of nitrogens with zero attached hydrogens (tertiary/aromatic N) is 2. The molecule has 0 saturated carbocycles. The van der Waals surface area contributed by atoms with Crippen LogP contribution in [0.3, 0.4) is 0 Å². The predicted molar refractivity (Wildman–Crippen MR) is 36.4 cm³/mol. The van der Waals surface area contributed by atoms with Crippen LogP contribution in [0.15, 0.2) is 4.42 Å². The molecule has 0 saturated heterocycles. The highest BCUT2D eigenvalue weighted by molar-refractivity contribution is 5.13. The first-order valence-corrected chi connectivity index (χ1v) is 3.39. The molecule has 0 unspecified atom stereocenters. The Morgan fingerprint density at radius 3 is 3.00 bits per heavy atom. The predicted octanol–water partition coefficient (Wildman–Crippen LogP) is 0.928. The topological polar surface area (TPSA) is 29.3 Å². The van der Waals surface area contributed by atoms with Crippen LogP contribution in [0.5, 0.6) is 0 Å². The molecule has 2 heterocycles. The zero-order valence-electron chi connectivity index (χ0n) is 6.22. The van der Waals surface area contributed by atoms with E-state index >= 15 is 0 Å². The summed E-state index contributed by atoms with van der Waals surface area (Å²) in [5.74, 6) is 1.83. The Balaban J connectivity index is 2.39. The summed E-state index contributed by atoms with van der Waals surface area (Å²) in [6.45, 7) is 3.74. The lowest BCUT2D eigenvalue weighted by molar-refractivity contribution is 0.319. The van der Waals surface area contributed by atoms with Crippen LogP contribution in [0, 0.1) is 6.92 Å². The van der Waals surface area contributed by atoms with Crippen LogP contribution in [-0.4, -0.2) is 16.9 Å². The van der Waals surface area contributed by atoms with Crippen molar-refractivity contribution in [1.29, 1.82) is 0 Å². The lowest BCUT2D eigenvalue weighted by Crippen LogP contribution is -2.08. The molecule has 3 heteroatoms. The van der Waals surface area contributed by atoms with Gasteiger partial charge in [-0.05, 0) is 7.05 Å². The fourth-order valence-corrected chi connectivity index (χ4v) is 1.32. The highest BCUT2D eigenvalue weighted by Crippen LogP contribution is 2.20. The Labute approximate surface area is 59.7 Å². The summed E-state index contributed by atoms with van der Waals surface area (Å²) in [5, 5.41) is 0. The summed E-state index contributed by atoms with van der Waals surface area (Å²) in [6.07, 6.45) is 0. The molecule has 54 valence electrons. The molecule has 1 aromatic heterocycles. The van der Waals surface area contributed by atoms with Gasteiger partial charge in [0.25, 0.3) is 0 Å². The summed E-state index contributed by atoms with van der Waals surface area (Å²) < 4.78 is 5.34. The van der Waals surface area contributed by atoms with Crippen molar-refractivity contribution >= 4 is 0 Å². The highest BCUT2D eigenvalue weighted by atomic mass is 16.4. The minimum atomic E-state index is 0.790. The van der Waals surface area contributed by atoms with E-state index in [2.05, 4.69) is 16.9 Å². The van der Waals surface area contributed by atoms with Crippen molar-refractivity contribution in [2.24, 2.45) is 0 Å². The van der Waals surface area contributed by atoms with E-state index in [-0.39, 0.29) is 0 Å². The third kappa shape index (κ3) is 0.743. The van der Waals surface area contributed by atoms with Gasteiger partial charge in [-0.25, -0.2) is 4.98 Å². The quantitative estimate of drug-likeness (QED) is 0.534. The standard InChI is InChI=1S/C7H10N2O/c1-5-8-6-3-9(2)4-7(6)10-5/h3-4H2,1-2H3. The van der Waals surface area contributed by atoms with Gasteiger partial charge in [0.2, 0.25) is 0 Å². The molecule has 0 atom stereocenters. The van der Waals surface area contributed by atoms with Crippen LogP contribution in [-0.2, 0) is 13.1 Å². The lowest BCUT2D eigenvalue weighted by atomic mass is 10.4. The number of rotatable bonds is 0. The zero-order chi connectivity index (χ0) is 7.14. The van der Waals surface area contributed by atoms with Gasteiger partial charge in [0.1, 0.15) is 5.76 Å². The number of aryl methyl sites for hydroxylation is 1. The van der Waals surface area contributed by atoms with Crippen molar-refractivity contribution in [3.8, 4) is 0 Å². The van der Waals surface area contributed by atoms with Gasteiger partial charge in [0, 0.05) is 13.5 Å². The smallest absolute Gasteiger partial charge is 0.191 e. The summed E-state index contributed by atoms with van der Waals surface area (Å²) in [4.78, 5) is 6.41. The number of hydrogen-bond acceptors (Lipinski definition) is 3.